The summed E-state index contributed by atoms with van der Waals surface area (Å²) in [5.74, 6) is 0.937. The Morgan fingerprint density at radius 3 is 2.95 bits per heavy atom. The van der Waals surface area contributed by atoms with E-state index >= 15 is 0 Å². The molecule has 2 aromatic rings. The van der Waals surface area contributed by atoms with Crippen molar-refractivity contribution in [1.82, 2.24) is 14.9 Å². The topological polar surface area (TPSA) is 52.2 Å². The average molecular weight is 317 g/mol. The predicted octanol–water partition coefficient (Wildman–Crippen LogP) is 3.64. The summed E-state index contributed by atoms with van der Waals surface area (Å²) in [6.07, 6.45) is 6.86. The molecular formula is C17H19ClN3O. The lowest BCUT2D eigenvalue weighted by atomic mass is 10.1. The molecule has 1 radical (unpaired) electrons. The monoisotopic (exact) mass is 316 g/mol. The first-order valence-corrected chi connectivity index (χ1v) is 7.96. The third-order valence-corrected chi connectivity index (χ3v) is 4.27. The van der Waals surface area contributed by atoms with E-state index in [-0.39, 0.29) is 6.61 Å². The number of hydrogen-bond acceptors (Lipinski definition) is 2. The highest BCUT2D eigenvalue weighted by Gasteiger charge is 2.17. The van der Waals surface area contributed by atoms with Gasteiger partial charge in [-0.15, -0.1) is 0 Å². The molecule has 2 heterocycles. The minimum absolute atomic E-state index is 0.104. The minimum atomic E-state index is -0.104. The number of imidazole rings is 1. The van der Waals surface area contributed by atoms with Gasteiger partial charge in [-0.3, -0.25) is 5.32 Å². The van der Waals surface area contributed by atoms with Crippen LogP contribution in [0.15, 0.2) is 24.4 Å². The molecule has 0 spiro atoms. The Morgan fingerprint density at radius 1 is 1.32 bits per heavy atom. The first kappa shape index (κ1) is 15.1. The van der Waals surface area contributed by atoms with E-state index in [4.69, 9.17) is 11.6 Å². The van der Waals surface area contributed by atoms with Crippen molar-refractivity contribution < 1.29 is 5.11 Å². The third-order valence-electron chi connectivity index (χ3n) is 3.96. The molecule has 0 saturated carbocycles. The number of aliphatic hydroxyl groups is 1. The van der Waals surface area contributed by atoms with E-state index in [1.165, 1.54) is 0 Å². The van der Waals surface area contributed by atoms with Gasteiger partial charge in [-0.1, -0.05) is 37.1 Å². The molecule has 0 amide bonds. The van der Waals surface area contributed by atoms with Crippen molar-refractivity contribution in [2.24, 2.45) is 0 Å². The van der Waals surface area contributed by atoms with Gasteiger partial charge in [0, 0.05) is 24.7 Å². The van der Waals surface area contributed by atoms with E-state index < -0.39 is 0 Å². The van der Waals surface area contributed by atoms with Crippen LogP contribution in [0.3, 0.4) is 0 Å². The van der Waals surface area contributed by atoms with E-state index in [1.807, 2.05) is 29.0 Å². The quantitative estimate of drug-likeness (QED) is 0.884. The SMILES string of the molecule is CCCCc1nc(Cl)c(CO)n1Cc1cccc2c1C=C[N]2. The summed E-state index contributed by atoms with van der Waals surface area (Å²) >= 11 is 6.19. The van der Waals surface area contributed by atoms with Gasteiger partial charge in [0.25, 0.3) is 0 Å². The van der Waals surface area contributed by atoms with Crippen molar-refractivity contribution in [1.29, 1.82) is 0 Å². The zero-order valence-corrected chi connectivity index (χ0v) is 13.3. The lowest BCUT2D eigenvalue weighted by Gasteiger charge is -2.13. The lowest BCUT2D eigenvalue weighted by Crippen LogP contribution is -2.10. The molecule has 0 bridgehead atoms. The number of benzene rings is 1. The number of nitrogens with zero attached hydrogens (tertiary/aromatic N) is 3. The maximum absolute atomic E-state index is 9.63. The molecule has 1 aliphatic heterocycles. The number of unbranched alkanes of at least 4 members (excludes halogenated alkanes) is 1. The summed E-state index contributed by atoms with van der Waals surface area (Å²) in [6.45, 7) is 2.70. The average Bonchev–Trinajstić information content (AvgIpc) is 3.10. The Balaban J connectivity index is 1.97. The number of aryl methyl sites for hydroxylation is 1. The molecule has 1 aliphatic rings. The van der Waals surface area contributed by atoms with Crippen LogP contribution in [0.1, 0.15) is 42.4 Å². The third kappa shape index (κ3) is 2.76. The maximum Gasteiger partial charge on any atom is 0.152 e. The van der Waals surface area contributed by atoms with Crippen molar-refractivity contribution in [3.63, 3.8) is 0 Å². The van der Waals surface area contributed by atoms with Gasteiger partial charge in [-0.2, -0.15) is 0 Å². The van der Waals surface area contributed by atoms with Gasteiger partial charge in [0.05, 0.1) is 18.0 Å². The molecule has 0 aliphatic carbocycles. The number of aliphatic hydroxyl groups excluding tert-OH is 1. The molecule has 4 nitrogen and oxygen atoms in total. The van der Waals surface area contributed by atoms with Crippen molar-refractivity contribution in [3.05, 3.63) is 52.2 Å². The van der Waals surface area contributed by atoms with Crippen LogP contribution >= 0.6 is 11.6 Å². The van der Waals surface area contributed by atoms with Gasteiger partial charge in [0.2, 0.25) is 0 Å². The first-order chi connectivity index (χ1) is 10.7. The summed E-state index contributed by atoms with van der Waals surface area (Å²) in [6, 6.07) is 6.10. The van der Waals surface area contributed by atoms with Gasteiger partial charge in [-0.05, 0) is 24.1 Å². The summed E-state index contributed by atoms with van der Waals surface area (Å²) < 4.78 is 2.04. The fourth-order valence-electron chi connectivity index (χ4n) is 2.77. The van der Waals surface area contributed by atoms with Crippen LogP contribution in [0.25, 0.3) is 6.08 Å². The molecule has 1 aromatic carbocycles. The molecule has 0 unspecified atom stereocenters. The fourth-order valence-corrected chi connectivity index (χ4v) is 3.03. The summed E-state index contributed by atoms with van der Waals surface area (Å²) in [5.41, 5.74) is 3.97. The summed E-state index contributed by atoms with van der Waals surface area (Å²) in [4.78, 5) is 4.44. The van der Waals surface area contributed by atoms with Crippen LogP contribution in [-0.4, -0.2) is 14.7 Å². The second-order valence-corrected chi connectivity index (χ2v) is 5.77. The molecule has 22 heavy (non-hydrogen) atoms. The van der Waals surface area contributed by atoms with Crippen molar-refractivity contribution >= 4 is 23.4 Å². The zero-order chi connectivity index (χ0) is 15.5. The van der Waals surface area contributed by atoms with E-state index in [0.717, 1.165) is 41.9 Å². The van der Waals surface area contributed by atoms with E-state index in [0.29, 0.717) is 17.4 Å². The standard InChI is InChI=1S/C17H19ClN3O/c1-2-3-7-16-20-17(18)15(11-22)21(16)10-12-5-4-6-14-13(12)8-9-19-14/h4-6,8-9,22H,2-3,7,10-11H2,1H3. The number of rotatable bonds is 6. The zero-order valence-electron chi connectivity index (χ0n) is 12.6. The number of hydrogen-bond donors (Lipinski definition) is 1. The highest BCUT2D eigenvalue weighted by molar-refractivity contribution is 6.30. The van der Waals surface area contributed by atoms with Crippen LogP contribution in [0.4, 0.5) is 5.69 Å². The van der Waals surface area contributed by atoms with E-state index in [9.17, 15) is 5.11 Å². The summed E-state index contributed by atoms with van der Waals surface area (Å²) in [5, 5.41) is 14.4. The van der Waals surface area contributed by atoms with Gasteiger partial charge in [-0.25, -0.2) is 4.98 Å². The van der Waals surface area contributed by atoms with Crippen molar-refractivity contribution in [3.8, 4) is 0 Å². The van der Waals surface area contributed by atoms with Crippen molar-refractivity contribution in [2.75, 3.05) is 0 Å². The van der Waals surface area contributed by atoms with Crippen LogP contribution in [0.5, 0.6) is 0 Å². The van der Waals surface area contributed by atoms with Crippen LogP contribution in [0, 0.1) is 0 Å². The molecule has 115 valence electrons. The normalized spacial score (nSPS) is 12.5. The van der Waals surface area contributed by atoms with Gasteiger partial charge in [0.1, 0.15) is 5.82 Å². The maximum atomic E-state index is 9.63. The van der Waals surface area contributed by atoms with Crippen molar-refractivity contribution in [2.45, 2.75) is 39.3 Å². The number of fused-ring (bicyclic) bond motifs is 1. The molecular weight excluding hydrogens is 298 g/mol. The largest absolute Gasteiger partial charge is 0.390 e. The molecule has 1 aromatic heterocycles. The number of aromatic nitrogens is 2. The van der Waals surface area contributed by atoms with E-state index in [2.05, 4.69) is 23.3 Å². The van der Waals surface area contributed by atoms with Crippen LogP contribution in [0.2, 0.25) is 5.15 Å². The Morgan fingerprint density at radius 2 is 2.18 bits per heavy atom. The molecule has 0 atom stereocenters. The lowest BCUT2D eigenvalue weighted by molar-refractivity contribution is 0.271. The molecule has 3 rings (SSSR count). The van der Waals surface area contributed by atoms with Gasteiger partial charge in [0.15, 0.2) is 5.15 Å². The smallest absolute Gasteiger partial charge is 0.152 e. The fraction of sp³-hybridized carbons (Fsp3) is 0.353. The van der Waals surface area contributed by atoms with Crippen LogP contribution < -0.4 is 5.32 Å². The number of halogens is 1. The summed E-state index contributed by atoms with van der Waals surface area (Å²) in [7, 11) is 0. The molecule has 5 heteroatoms. The Hall–Kier alpha value is -1.78. The Labute approximate surface area is 135 Å². The van der Waals surface area contributed by atoms with E-state index in [1.54, 1.807) is 0 Å². The highest BCUT2D eigenvalue weighted by atomic mass is 35.5. The van der Waals surface area contributed by atoms with Crippen LogP contribution in [-0.2, 0) is 19.6 Å². The predicted molar refractivity (Wildman–Crippen MR) is 88.1 cm³/mol. The Bertz CT molecular complexity index is 706. The molecule has 0 fully saturated rings. The second kappa shape index (κ2) is 6.55. The van der Waals surface area contributed by atoms with Gasteiger partial charge < -0.3 is 9.67 Å². The molecule has 0 saturated heterocycles. The highest BCUT2D eigenvalue weighted by Crippen LogP contribution is 2.28. The minimum Gasteiger partial charge on any atom is -0.390 e. The Kier molecular flexibility index (Phi) is 4.50. The first-order valence-electron chi connectivity index (χ1n) is 7.58. The molecule has 1 N–H and O–H groups in total. The van der Waals surface area contributed by atoms with Gasteiger partial charge >= 0.3 is 0 Å². The second-order valence-electron chi connectivity index (χ2n) is 5.41.